The summed E-state index contributed by atoms with van der Waals surface area (Å²) in [4.78, 5) is 40.8. The minimum absolute atomic E-state index is 0.0966. The van der Waals surface area contributed by atoms with Crippen molar-refractivity contribution in [2.75, 3.05) is 19.6 Å². The molecule has 1 aromatic heterocycles. The van der Waals surface area contributed by atoms with Crippen molar-refractivity contribution in [3.8, 4) is 0 Å². The minimum Gasteiger partial charge on any atom is -0.481 e. The van der Waals surface area contributed by atoms with Crippen molar-refractivity contribution in [2.24, 2.45) is 11.8 Å². The molecule has 2 unspecified atom stereocenters. The molecule has 2 aliphatic heterocycles. The van der Waals surface area contributed by atoms with Crippen molar-refractivity contribution in [3.05, 3.63) is 22.4 Å². The van der Waals surface area contributed by atoms with Crippen LogP contribution in [0.2, 0.25) is 0 Å². The highest BCUT2D eigenvalue weighted by Gasteiger charge is 2.40. The Morgan fingerprint density at radius 3 is 2.75 bits per heavy atom. The van der Waals surface area contributed by atoms with Crippen LogP contribution in [-0.2, 0) is 9.59 Å². The molecule has 0 spiro atoms. The topological polar surface area (TPSA) is 77.9 Å². The van der Waals surface area contributed by atoms with Gasteiger partial charge in [0.05, 0.1) is 10.8 Å². The van der Waals surface area contributed by atoms with Crippen molar-refractivity contribution in [2.45, 2.75) is 32.2 Å². The molecule has 2 amide bonds. The molecule has 2 saturated heterocycles. The summed E-state index contributed by atoms with van der Waals surface area (Å²) >= 11 is 1.38. The van der Waals surface area contributed by atoms with Crippen LogP contribution >= 0.6 is 11.3 Å². The lowest BCUT2D eigenvalue weighted by atomic mass is 9.90. The van der Waals surface area contributed by atoms with E-state index < -0.39 is 17.9 Å². The van der Waals surface area contributed by atoms with Gasteiger partial charge in [-0.1, -0.05) is 13.0 Å². The molecule has 0 radical (unpaired) electrons. The number of hydrogen-bond donors (Lipinski definition) is 1. The normalized spacial score (nSPS) is 27.3. The Bertz CT molecular complexity index is 631. The highest BCUT2D eigenvalue weighted by molar-refractivity contribution is 7.12. The maximum absolute atomic E-state index is 12.9. The zero-order valence-corrected chi connectivity index (χ0v) is 14.5. The molecule has 3 atom stereocenters. The number of carboxylic acid groups (broad SMARTS) is 1. The number of aliphatic carboxylic acids is 1. The van der Waals surface area contributed by atoms with Crippen LogP contribution in [0.3, 0.4) is 0 Å². The smallest absolute Gasteiger partial charge is 0.308 e. The first-order valence-corrected chi connectivity index (χ1v) is 9.21. The highest BCUT2D eigenvalue weighted by atomic mass is 32.1. The van der Waals surface area contributed by atoms with Crippen LogP contribution in [0.15, 0.2) is 17.5 Å². The summed E-state index contributed by atoms with van der Waals surface area (Å²) in [5, 5.41) is 11.1. The summed E-state index contributed by atoms with van der Waals surface area (Å²) in [6, 6.07) is 3.14. The largest absolute Gasteiger partial charge is 0.481 e. The van der Waals surface area contributed by atoms with E-state index in [0.29, 0.717) is 30.8 Å². The van der Waals surface area contributed by atoms with E-state index in [-0.39, 0.29) is 24.3 Å². The van der Waals surface area contributed by atoms with Gasteiger partial charge in [0.15, 0.2) is 0 Å². The van der Waals surface area contributed by atoms with Crippen LogP contribution in [0.4, 0.5) is 0 Å². The lowest BCUT2D eigenvalue weighted by Gasteiger charge is -2.37. The number of likely N-dealkylation sites (tertiary alicyclic amines) is 2. The molecule has 130 valence electrons. The number of amides is 2. The van der Waals surface area contributed by atoms with Gasteiger partial charge in [-0.25, -0.2) is 0 Å². The molecule has 1 aromatic rings. The molecule has 0 saturated carbocycles. The Kier molecular flexibility index (Phi) is 4.89. The van der Waals surface area contributed by atoms with Crippen LogP contribution in [0.25, 0.3) is 0 Å². The molecule has 0 aromatic carbocycles. The monoisotopic (exact) mass is 350 g/mol. The summed E-state index contributed by atoms with van der Waals surface area (Å²) in [7, 11) is 0. The Hall–Kier alpha value is -1.89. The number of thiophene rings is 1. The van der Waals surface area contributed by atoms with E-state index in [2.05, 4.69) is 0 Å². The molecule has 6 nitrogen and oxygen atoms in total. The number of nitrogens with zero attached hydrogens (tertiary/aromatic N) is 2. The van der Waals surface area contributed by atoms with E-state index >= 15 is 0 Å². The summed E-state index contributed by atoms with van der Waals surface area (Å²) in [5.41, 5.74) is 0. The Morgan fingerprint density at radius 1 is 1.29 bits per heavy atom. The van der Waals surface area contributed by atoms with Gasteiger partial charge in [0.1, 0.15) is 6.04 Å². The third kappa shape index (κ3) is 3.31. The van der Waals surface area contributed by atoms with Gasteiger partial charge >= 0.3 is 5.97 Å². The average Bonchev–Trinajstić information content (AvgIpc) is 3.24. The highest BCUT2D eigenvalue weighted by Crippen LogP contribution is 2.27. The second-order valence-corrected chi connectivity index (χ2v) is 7.70. The van der Waals surface area contributed by atoms with Gasteiger partial charge in [-0.3, -0.25) is 14.4 Å². The Labute approximate surface area is 145 Å². The lowest BCUT2D eigenvalue weighted by Crippen LogP contribution is -2.52. The van der Waals surface area contributed by atoms with Crippen molar-refractivity contribution < 1.29 is 19.5 Å². The maximum atomic E-state index is 12.9. The Balaban J connectivity index is 1.73. The molecule has 2 aliphatic rings. The summed E-state index contributed by atoms with van der Waals surface area (Å²) in [5.74, 6) is -1.40. The fraction of sp³-hybridized carbons (Fsp3) is 0.588. The summed E-state index contributed by atoms with van der Waals surface area (Å²) in [6.07, 6.45) is 2.06. The fourth-order valence-corrected chi connectivity index (χ4v) is 4.41. The molecule has 3 heterocycles. The van der Waals surface area contributed by atoms with Gasteiger partial charge in [-0.15, -0.1) is 11.3 Å². The van der Waals surface area contributed by atoms with Crippen molar-refractivity contribution >= 4 is 29.1 Å². The van der Waals surface area contributed by atoms with Gasteiger partial charge in [0, 0.05) is 19.6 Å². The number of carbonyl (C=O) groups excluding carboxylic acids is 2. The first kappa shape index (κ1) is 17.0. The fourth-order valence-electron chi connectivity index (χ4n) is 3.73. The molecular weight excluding hydrogens is 328 g/mol. The molecule has 1 N–H and O–H groups in total. The van der Waals surface area contributed by atoms with Crippen LogP contribution < -0.4 is 0 Å². The van der Waals surface area contributed by atoms with Crippen LogP contribution in [0.1, 0.15) is 35.9 Å². The molecule has 0 bridgehead atoms. The zero-order valence-electron chi connectivity index (χ0n) is 13.7. The number of piperidine rings is 1. The van der Waals surface area contributed by atoms with Crippen molar-refractivity contribution in [3.63, 3.8) is 0 Å². The number of rotatable bonds is 3. The molecular formula is C17H22N2O4S. The summed E-state index contributed by atoms with van der Waals surface area (Å²) in [6.45, 7) is 3.37. The molecule has 3 rings (SSSR count). The second kappa shape index (κ2) is 6.93. The second-order valence-electron chi connectivity index (χ2n) is 6.75. The quantitative estimate of drug-likeness (QED) is 0.903. The number of carbonyl (C=O) groups is 3. The van der Waals surface area contributed by atoms with E-state index in [0.717, 1.165) is 6.42 Å². The average molecular weight is 350 g/mol. The van der Waals surface area contributed by atoms with Crippen LogP contribution in [0.5, 0.6) is 0 Å². The van der Waals surface area contributed by atoms with E-state index in [1.165, 1.54) is 11.3 Å². The molecule has 0 aliphatic carbocycles. The van der Waals surface area contributed by atoms with E-state index in [4.69, 9.17) is 0 Å². The van der Waals surface area contributed by atoms with Gasteiger partial charge in [-0.05, 0) is 36.6 Å². The number of hydrogen-bond acceptors (Lipinski definition) is 4. The SMILES string of the molecule is CC1CC(C(=O)O)CN(C(=O)[C@@H]2CCCN2C(=O)c2cccs2)C1. The predicted molar refractivity (Wildman–Crippen MR) is 89.9 cm³/mol. The van der Waals surface area contributed by atoms with Gasteiger partial charge in [-0.2, -0.15) is 0 Å². The van der Waals surface area contributed by atoms with Gasteiger partial charge in [0.2, 0.25) is 5.91 Å². The first-order valence-electron chi connectivity index (χ1n) is 8.33. The zero-order chi connectivity index (χ0) is 17.3. The first-order chi connectivity index (χ1) is 11.5. The van der Waals surface area contributed by atoms with Gasteiger partial charge in [0.25, 0.3) is 5.91 Å². The van der Waals surface area contributed by atoms with Crippen molar-refractivity contribution in [1.29, 1.82) is 0 Å². The number of carboxylic acids is 1. The predicted octanol–water partition coefficient (Wildman–Crippen LogP) is 1.92. The van der Waals surface area contributed by atoms with E-state index in [1.807, 2.05) is 18.4 Å². The van der Waals surface area contributed by atoms with Crippen LogP contribution in [0, 0.1) is 11.8 Å². The van der Waals surface area contributed by atoms with Crippen molar-refractivity contribution in [1.82, 2.24) is 9.80 Å². The summed E-state index contributed by atoms with van der Waals surface area (Å²) < 4.78 is 0. The van der Waals surface area contributed by atoms with Crippen LogP contribution in [-0.4, -0.2) is 58.4 Å². The third-order valence-electron chi connectivity index (χ3n) is 4.85. The molecule has 24 heavy (non-hydrogen) atoms. The third-order valence-corrected chi connectivity index (χ3v) is 5.71. The van der Waals surface area contributed by atoms with E-state index in [1.54, 1.807) is 15.9 Å². The van der Waals surface area contributed by atoms with E-state index in [9.17, 15) is 19.5 Å². The maximum Gasteiger partial charge on any atom is 0.308 e. The standard InChI is InChI=1S/C17H22N2O4S/c1-11-8-12(17(22)23)10-18(9-11)15(20)13-4-2-6-19(13)16(21)14-5-3-7-24-14/h3,5,7,11-13H,2,4,6,8-10H2,1H3,(H,22,23)/t11?,12?,13-/m0/s1. The Morgan fingerprint density at radius 2 is 2.08 bits per heavy atom. The molecule has 2 fully saturated rings. The van der Waals surface area contributed by atoms with Gasteiger partial charge < -0.3 is 14.9 Å². The lowest BCUT2D eigenvalue weighted by molar-refractivity contribution is -0.148. The molecule has 7 heteroatoms. The minimum atomic E-state index is -0.850.